The van der Waals surface area contributed by atoms with Crippen molar-refractivity contribution in [2.45, 2.75) is 6.42 Å². The van der Waals surface area contributed by atoms with Gasteiger partial charge in [0.25, 0.3) is 0 Å². The monoisotopic (exact) mass is 405 g/mol. The number of para-hydroxylation sites is 1. The van der Waals surface area contributed by atoms with E-state index in [0.29, 0.717) is 11.7 Å². The number of aromatic nitrogens is 1. The van der Waals surface area contributed by atoms with E-state index in [1.807, 2.05) is 42.5 Å². The summed E-state index contributed by atoms with van der Waals surface area (Å²) in [5.74, 6) is 0.825. The van der Waals surface area contributed by atoms with Crippen LogP contribution in [0, 0.1) is 0 Å². The molecule has 0 radical (unpaired) electrons. The Labute approximate surface area is 152 Å². The van der Waals surface area contributed by atoms with Crippen LogP contribution >= 0.6 is 27.3 Å². The van der Waals surface area contributed by atoms with Gasteiger partial charge in [-0.15, -0.1) is 0 Å². The molecule has 1 heterocycles. The van der Waals surface area contributed by atoms with Crippen LogP contribution in [0.15, 0.2) is 46.9 Å². The molecule has 0 saturated carbocycles. The summed E-state index contributed by atoms with van der Waals surface area (Å²) in [7, 11) is 1.64. The highest BCUT2D eigenvalue weighted by Gasteiger charge is 2.09. The van der Waals surface area contributed by atoms with Gasteiger partial charge >= 0.3 is 6.03 Å². The number of nitrogens with one attached hydrogen (secondary N) is 2. The molecule has 2 amide bonds. The Morgan fingerprint density at radius 1 is 1.25 bits per heavy atom. The van der Waals surface area contributed by atoms with E-state index in [0.717, 1.165) is 32.4 Å². The maximum absolute atomic E-state index is 12.0. The van der Waals surface area contributed by atoms with Gasteiger partial charge in [0.2, 0.25) is 0 Å². The maximum atomic E-state index is 12.0. The fourth-order valence-corrected chi connectivity index (χ4v) is 3.70. The van der Waals surface area contributed by atoms with Crippen molar-refractivity contribution < 1.29 is 9.53 Å². The molecule has 7 heteroatoms. The first-order chi connectivity index (χ1) is 11.7. The molecular weight excluding hydrogens is 390 g/mol. The lowest BCUT2D eigenvalue weighted by Crippen LogP contribution is -2.30. The Morgan fingerprint density at radius 2 is 2.04 bits per heavy atom. The van der Waals surface area contributed by atoms with Gasteiger partial charge in [-0.2, -0.15) is 0 Å². The summed E-state index contributed by atoms with van der Waals surface area (Å²) in [6.07, 6.45) is 0.753. The number of urea groups is 1. The third-order valence-electron chi connectivity index (χ3n) is 3.45. The van der Waals surface area contributed by atoms with Gasteiger partial charge in [-0.3, -0.25) is 5.32 Å². The summed E-state index contributed by atoms with van der Waals surface area (Å²) in [5.41, 5.74) is 2.00. The van der Waals surface area contributed by atoms with E-state index in [4.69, 9.17) is 4.74 Å². The van der Waals surface area contributed by atoms with Gasteiger partial charge in [0.1, 0.15) is 5.75 Å². The number of hydrogen-bond acceptors (Lipinski definition) is 4. The van der Waals surface area contributed by atoms with E-state index in [-0.39, 0.29) is 6.03 Å². The predicted molar refractivity (Wildman–Crippen MR) is 101 cm³/mol. The number of anilines is 1. The molecule has 0 saturated heterocycles. The second kappa shape index (κ2) is 7.63. The summed E-state index contributed by atoms with van der Waals surface area (Å²) in [5, 5.41) is 6.20. The molecule has 0 aliphatic rings. The molecule has 0 fully saturated rings. The van der Waals surface area contributed by atoms with E-state index in [2.05, 4.69) is 31.5 Å². The smallest absolute Gasteiger partial charge is 0.321 e. The number of rotatable bonds is 5. The molecule has 2 aromatic carbocycles. The van der Waals surface area contributed by atoms with Crippen molar-refractivity contribution in [3.8, 4) is 5.75 Å². The van der Waals surface area contributed by atoms with Crippen LogP contribution in [0.1, 0.15) is 5.56 Å². The van der Waals surface area contributed by atoms with Crippen LogP contribution in [0.4, 0.5) is 9.93 Å². The highest BCUT2D eigenvalue weighted by molar-refractivity contribution is 9.10. The minimum Gasteiger partial charge on any atom is -0.497 e. The highest BCUT2D eigenvalue weighted by atomic mass is 79.9. The summed E-state index contributed by atoms with van der Waals surface area (Å²) < 4.78 is 7.07. The number of ether oxygens (including phenoxy) is 1. The van der Waals surface area contributed by atoms with E-state index in [1.165, 1.54) is 11.3 Å². The Kier molecular flexibility index (Phi) is 5.32. The van der Waals surface area contributed by atoms with Crippen LogP contribution < -0.4 is 15.4 Å². The van der Waals surface area contributed by atoms with Gasteiger partial charge in [0.15, 0.2) is 5.13 Å². The van der Waals surface area contributed by atoms with Crippen LogP contribution in [-0.4, -0.2) is 24.7 Å². The van der Waals surface area contributed by atoms with Crippen molar-refractivity contribution in [1.82, 2.24) is 10.3 Å². The lowest BCUT2D eigenvalue weighted by Gasteiger charge is -2.06. The number of methoxy groups -OCH3 is 1. The molecule has 3 rings (SSSR count). The third-order valence-corrected chi connectivity index (χ3v) is 5.02. The molecule has 0 atom stereocenters. The zero-order valence-electron chi connectivity index (χ0n) is 13.0. The van der Waals surface area contributed by atoms with Crippen LogP contribution in [-0.2, 0) is 6.42 Å². The molecule has 0 aliphatic carbocycles. The van der Waals surface area contributed by atoms with Crippen molar-refractivity contribution in [2.75, 3.05) is 19.0 Å². The van der Waals surface area contributed by atoms with E-state index in [9.17, 15) is 4.79 Å². The van der Waals surface area contributed by atoms with E-state index >= 15 is 0 Å². The predicted octanol–water partition coefficient (Wildman–Crippen LogP) is 4.43. The number of fused-ring (bicyclic) bond motifs is 1. The lowest BCUT2D eigenvalue weighted by atomic mass is 10.1. The Hall–Kier alpha value is -2.12. The first-order valence-electron chi connectivity index (χ1n) is 7.38. The SMILES string of the molecule is COc1ccc(CCNC(=O)Nc2nc3c(Br)cccc3s2)cc1. The number of thiazole rings is 1. The van der Waals surface area contributed by atoms with Crippen molar-refractivity contribution in [3.63, 3.8) is 0 Å². The normalized spacial score (nSPS) is 10.6. The largest absolute Gasteiger partial charge is 0.497 e. The van der Waals surface area contributed by atoms with E-state index < -0.39 is 0 Å². The molecule has 124 valence electrons. The average molecular weight is 406 g/mol. The number of hydrogen-bond donors (Lipinski definition) is 2. The summed E-state index contributed by atoms with van der Waals surface area (Å²) in [6, 6.07) is 13.4. The lowest BCUT2D eigenvalue weighted by molar-refractivity contribution is 0.252. The number of nitrogens with zero attached hydrogens (tertiary/aromatic N) is 1. The molecule has 1 aromatic heterocycles. The van der Waals surface area contributed by atoms with Crippen LogP contribution in [0.2, 0.25) is 0 Å². The molecule has 2 N–H and O–H groups in total. The molecular formula is C17H16BrN3O2S. The average Bonchev–Trinajstić information content (AvgIpc) is 2.99. The summed E-state index contributed by atoms with van der Waals surface area (Å²) in [4.78, 5) is 16.4. The molecule has 0 bridgehead atoms. The number of halogens is 1. The van der Waals surface area contributed by atoms with Crippen molar-refractivity contribution in [1.29, 1.82) is 0 Å². The zero-order chi connectivity index (χ0) is 16.9. The molecule has 0 unspecified atom stereocenters. The van der Waals surface area contributed by atoms with Crippen LogP contribution in [0.3, 0.4) is 0 Å². The molecule has 0 aliphatic heterocycles. The summed E-state index contributed by atoms with van der Waals surface area (Å²) in [6.45, 7) is 0.548. The second-order valence-electron chi connectivity index (χ2n) is 5.08. The van der Waals surface area contributed by atoms with Gasteiger partial charge in [-0.05, 0) is 52.2 Å². The minimum absolute atomic E-state index is 0.251. The van der Waals surface area contributed by atoms with Gasteiger partial charge < -0.3 is 10.1 Å². The minimum atomic E-state index is -0.251. The number of carbonyl (C=O) groups excluding carboxylic acids is 1. The van der Waals surface area contributed by atoms with Crippen LogP contribution in [0.25, 0.3) is 10.2 Å². The molecule has 3 aromatic rings. The van der Waals surface area contributed by atoms with Crippen molar-refractivity contribution in [3.05, 3.63) is 52.5 Å². The Morgan fingerprint density at radius 3 is 2.75 bits per heavy atom. The molecule has 0 spiro atoms. The quantitative estimate of drug-likeness (QED) is 0.659. The van der Waals surface area contributed by atoms with Crippen LogP contribution in [0.5, 0.6) is 5.75 Å². The van der Waals surface area contributed by atoms with Gasteiger partial charge in [-0.25, -0.2) is 9.78 Å². The third kappa shape index (κ3) is 4.04. The first-order valence-corrected chi connectivity index (χ1v) is 8.99. The summed E-state index contributed by atoms with van der Waals surface area (Å²) >= 11 is 4.91. The fraction of sp³-hybridized carbons (Fsp3) is 0.176. The van der Waals surface area contributed by atoms with E-state index in [1.54, 1.807) is 7.11 Å². The maximum Gasteiger partial charge on any atom is 0.321 e. The first kappa shape index (κ1) is 16.7. The van der Waals surface area contributed by atoms with Gasteiger partial charge in [-0.1, -0.05) is 29.5 Å². The Bertz CT molecular complexity index is 849. The van der Waals surface area contributed by atoms with Gasteiger partial charge in [0, 0.05) is 11.0 Å². The van der Waals surface area contributed by atoms with Crippen molar-refractivity contribution >= 4 is 48.6 Å². The topological polar surface area (TPSA) is 63.2 Å². The Balaban J connectivity index is 1.52. The zero-order valence-corrected chi connectivity index (χ0v) is 15.4. The number of benzene rings is 2. The highest BCUT2D eigenvalue weighted by Crippen LogP contribution is 2.30. The second-order valence-corrected chi connectivity index (χ2v) is 6.97. The van der Waals surface area contributed by atoms with Crippen molar-refractivity contribution in [2.24, 2.45) is 0 Å². The fourth-order valence-electron chi connectivity index (χ4n) is 2.22. The number of amides is 2. The number of carbonyl (C=O) groups is 1. The standard InChI is InChI=1S/C17H16BrN3O2S/c1-23-12-7-5-11(6-8-12)9-10-19-16(22)21-17-20-15-13(18)3-2-4-14(15)24-17/h2-8H,9-10H2,1H3,(H2,19,20,21,22). The van der Waals surface area contributed by atoms with Gasteiger partial charge in [0.05, 0.1) is 17.3 Å². The molecule has 5 nitrogen and oxygen atoms in total. The molecule has 24 heavy (non-hydrogen) atoms.